The van der Waals surface area contributed by atoms with Gasteiger partial charge < -0.3 is 0 Å². The Morgan fingerprint density at radius 3 is 2.50 bits per heavy atom. The molecule has 0 aliphatic heterocycles. The monoisotopic (exact) mass is 120 g/mol. The Balaban J connectivity index is 3.52. The second kappa shape index (κ2) is 3.35. The highest BCUT2D eigenvalue weighted by Gasteiger charge is 1.75. The van der Waals surface area contributed by atoms with Crippen molar-refractivity contribution in [2.75, 3.05) is 0 Å². The van der Waals surface area contributed by atoms with Crippen molar-refractivity contribution in [2.45, 2.75) is 6.92 Å². The highest BCUT2D eigenvalue weighted by molar-refractivity contribution is 8.24. The fraction of sp³-hybridized carbons (Fsp3) is 0.250. The molecule has 0 aromatic rings. The van der Waals surface area contributed by atoms with E-state index in [4.69, 9.17) is 10.7 Å². The van der Waals surface area contributed by atoms with Crippen molar-refractivity contribution in [1.82, 2.24) is 0 Å². The fourth-order valence-electron chi connectivity index (χ4n) is 0.0273. The molecule has 0 heterocycles. The summed E-state index contributed by atoms with van der Waals surface area (Å²) in [5, 5.41) is 0. The summed E-state index contributed by atoms with van der Waals surface area (Å²) in [5.74, 6) is 0. The minimum Gasteiger partial charge on any atom is -0.117 e. The zero-order valence-corrected chi connectivity index (χ0v) is 5.07. The topological polar surface area (TPSA) is 0 Å². The predicted octanol–water partition coefficient (Wildman–Crippen LogP) is 2.56. The summed E-state index contributed by atoms with van der Waals surface area (Å²) >= 11 is 0. The molecule has 0 aromatic heterocycles. The maximum Gasteiger partial charge on any atom is 0.0389 e. The van der Waals surface area contributed by atoms with Crippen molar-refractivity contribution in [3.8, 4) is 0 Å². The van der Waals surface area contributed by atoms with Crippen LogP contribution in [0.15, 0.2) is 17.2 Å². The largest absolute Gasteiger partial charge is 0.117 e. The highest BCUT2D eigenvalue weighted by Crippen LogP contribution is 2.16. The summed E-state index contributed by atoms with van der Waals surface area (Å²) in [4.78, 5) is 0.914. The van der Waals surface area contributed by atoms with E-state index in [9.17, 15) is 0 Å². The van der Waals surface area contributed by atoms with Gasteiger partial charge >= 0.3 is 0 Å². The molecule has 0 saturated heterocycles. The summed E-state index contributed by atoms with van der Waals surface area (Å²) in [6, 6.07) is 0. The lowest BCUT2D eigenvalue weighted by atomic mass is 10.7. The number of hydrogen-bond acceptors (Lipinski definition) is 1. The molecule has 0 N–H and O–H groups in total. The van der Waals surface area contributed by atoms with Crippen LogP contribution in [0, 0.1) is 0 Å². The molecule has 0 unspecified atom stereocenters. The van der Waals surface area contributed by atoms with Crippen LogP contribution in [0.2, 0.25) is 0 Å². The van der Waals surface area contributed by atoms with Crippen LogP contribution in [-0.2, 0) is 0 Å². The lowest BCUT2D eigenvalue weighted by Crippen LogP contribution is -1.46. The van der Waals surface area contributed by atoms with E-state index in [-0.39, 0.29) is 0 Å². The first-order chi connectivity index (χ1) is 2.81. The molecule has 0 radical (unpaired) electrons. The smallest absolute Gasteiger partial charge is 0.0389 e. The maximum atomic E-state index is 5.23. The van der Waals surface area contributed by atoms with E-state index in [0.29, 0.717) is 0 Å². The molecule has 0 saturated carbocycles. The Morgan fingerprint density at radius 2 is 2.50 bits per heavy atom. The molecule has 0 rings (SSSR count). The average Bonchev–Trinajstić information content (AvgIpc) is 1.65. The van der Waals surface area contributed by atoms with Gasteiger partial charge in [-0.05, 0) is 28.6 Å². The molecule has 0 amide bonds. The molecule has 0 fully saturated rings. The standard InChI is InChI=1S/C4H5ClS/c1-3-4(2)6-5/h1H2,2H3. The van der Waals surface area contributed by atoms with Crippen LogP contribution in [0.5, 0.6) is 0 Å². The van der Waals surface area contributed by atoms with Gasteiger partial charge in [-0.25, -0.2) is 0 Å². The summed E-state index contributed by atoms with van der Waals surface area (Å²) in [6.45, 7) is 5.22. The molecule has 2 heteroatoms. The molecule has 0 bridgehead atoms. The van der Waals surface area contributed by atoms with Gasteiger partial charge in [-0.15, -0.1) is 5.73 Å². The average molecular weight is 121 g/mol. The summed E-state index contributed by atoms with van der Waals surface area (Å²) in [6.07, 6.45) is 0. The minimum absolute atomic E-state index is 0.914. The number of rotatable bonds is 1. The van der Waals surface area contributed by atoms with Gasteiger partial charge in [-0.2, -0.15) is 0 Å². The predicted molar refractivity (Wildman–Crippen MR) is 31.8 cm³/mol. The van der Waals surface area contributed by atoms with Gasteiger partial charge in [0.15, 0.2) is 0 Å². The summed E-state index contributed by atoms with van der Waals surface area (Å²) < 4.78 is 0. The SMILES string of the molecule is C=C=C(C)SCl. The zero-order chi connectivity index (χ0) is 4.99. The normalized spacial score (nSPS) is 7.00. The van der Waals surface area contributed by atoms with Crippen molar-refractivity contribution in [3.63, 3.8) is 0 Å². The van der Waals surface area contributed by atoms with Gasteiger partial charge in [0.25, 0.3) is 0 Å². The fourth-order valence-corrected chi connectivity index (χ4v) is 0.245. The van der Waals surface area contributed by atoms with Crippen LogP contribution in [-0.4, -0.2) is 0 Å². The second-order valence-electron chi connectivity index (χ2n) is 0.810. The molecule has 34 valence electrons. The molecule has 0 aliphatic rings. The Morgan fingerprint density at radius 1 is 2.00 bits per heavy atom. The Labute approximate surface area is 46.4 Å². The lowest BCUT2D eigenvalue weighted by molar-refractivity contribution is 1.72. The molecule has 0 aliphatic carbocycles. The first kappa shape index (κ1) is 6.16. The van der Waals surface area contributed by atoms with Crippen LogP contribution in [0.25, 0.3) is 0 Å². The minimum atomic E-state index is 0.914. The second-order valence-corrected chi connectivity index (χ2v) is 2.04. The van der Waals surface area contributed by atoms with E-state index in [2.05, 4.69) is 12.3 Å². The van der Waals surface area contributed by atoms with Crippen LogP contribution in [0.4, 0.5) is 0 Å². The molecule has 0 spiro atoms. The lowest BCUT2D eigenvalue weighted by Gasteiger charge is -1.76. The van der Waals surface area contributed by atoms with Gasteiger partial charge in [0, 0.05) is 4.91 Å². The van der Waals surface area contributed by atoms with Gasteiger partial charge in [0.2, 0.25) is 0 Å². The molecule has 0 atom stereocenters. The van der Waals surface area contributed by atoms with Crippen molar-refractivity contribution < 1.29 is 0 Å². The highest BCUT2D eigenvalue weighted by atomic mass is 35.7. The quantitative estimate of drug-likeness (QED) is 0.480. The van der Waals surface area contributed by atoms with Crippen molar-refractivity contribution in [1.29, 1.82) is 0 Å². The van der Waals surface area contributed by atoms with Crippen LogP contribution in [0.3, 0.4) is 0 Å². The Kier molecular flexibility index (Phi) is 3.44. The van der Waals surface area contributed by atoms with Gasteiger partial charge in [-0.1, -0.05) is 6.58 Å². The molecular formula is C4H5ClS. The summed E-state index contributed by atoms with van der Waals surface area (Å²) in [5.41, 5.74) is 2.61. The van der Waals surface area contributed by atoms with E-state index in [1.165, 1.54) is 0 Å². The number of allylic oxidation sites excluding steroid dienone is 1. The number of halogens is 1. The molecular weight excluding hydrogens is 116 g/mol. The first-order valence-electron chi connectivity index (χ1n) is 1.46. The van der Waals surface area contributed by atoms with Crippen LogP contribution >= 0.6 is 21.7 Å². The van der Waals surface area contributed by atoms with Gasteiger partial charge in [-0.3, -0.25) is 0 Å². The molecule has 0 nitrogen and oxygen atoms in total. The van der Waals surface area contributed by atoms with Crippen molar-refractivity contribution in [3.05, 3.63) is 17.2 Å². The van der Waals surface area contributed by atoms with Crippen LogP contribution in [0.1, 0.15) is 6.92 Å². The van der Waals surface area contributed by atoms with E-state index in [1.54, 1.807) is 0 Å². The number of hydrogen-bond donors (Lipinski definition) is 0. The van der Waals surface area contributed by atoms with Crippen molar-refractivity contribution in [2.24, 2.45) is 0 Å². The third-order valence-corrected chi connectivity index (χ3v) is 1.43. The van der Waals surface area contributed by atoms with E-state index in [1.807, 2.05) is 6.92 Å². The first-order valence-corrected chi connectivity index (χ1v) is 3.10. The summed E-state index contributed by atoms with van der Waals surface area (Å²) in [7, 11) is 6.37. The maximum absolute atomic E-state index is 5.23. The Bertz CT molecular complexity index is 81.5. The van der Waals surface area contributed by atoms with Gasteiger partial charge in [0.05, 0.1) is 0 Å². The van der Waals surface area contributed by atoms with Gasteiger partial charge in [0.1, 0.15) is 0 Å². The van der Waals surface area contributed by atoms with E-state index < -0.39 is 0 Å². The molecule has 6 heavy (non-hydrogen) atoms. The van der Waals surface area contributed by atoms with E-state index in [0.717, 1.165) is 15.9 Å². The Hall–Kier alpha value is 0.160. The third-order valence-electron chi connectivity index (χ3n) is 0.365. The van der Waals surface area contributed by atoms with Crippen molar-refractivity contribution >= 4 is 21.7 Å². The molecule has 0 aromatic carbocycles. The van der Waals surface area contributed by atoms with Crippen LogP contribution < -0.4 is 0 Å². The van der Waals surface area contributed by atoms with E-state index >= 15 is 0 Å². The third kappa shape index (κ3) is 2.40. The zero-order valence-electron chi connectivity index (χ0n) is 3.49.